The van der Waals surface area contributed by atoms with E-state index in [9.17, 15) is 0 Å². The summed E-state index contributed by atoms with van der Waals surface area (Å²) in [5, 5.41) is 0. The Morgan fingerprint density at radius 1 is 0.909 bits per heavy atom. The van der Waals surface area contributed by atoms with Crippen molar-refractivity contribution in [3.63, 3.8) is 0 Å². The van der Waals surface area contributed by atoms with Gasteiger partial charge in [-0.1, -0.05) is 45.4 Å². The van der Waals surface area contributed by atoms with E-state index >= 15 is 0 Å². The Bertz CT molecular complexity index is 440. The third kappa shape index (κ3) is 4.50. The average Bonchev–Trinajstić information content (AvgIpc) is 2.71. The molecule has 126 valence electrons. The lowest BCUT2D eigenvalue weighted by Crippen LogP contribution is -2.41. The summed E-state index contributed by atoms with van der Waals surface area (Å²) in [5.74, 6) is 0.805. The summed E-state index contributed by atoms with van der Waals surface area (Å²) in [5.41, 5.74) is 1.47. The summed E-state index contributed by atoms with van der Waals surface area (Å²) >= 11 is 0. The van der Waals surface area contributed by atoms with Crippen molar-refractivity contribution in [2.45, 2.75) is 73.5 Å². The Morgan fingerprint density at radius 3 is 1.77 bits per heavy atom. The second-order valence-corrected chi connectivity index (χ2v) is 5.83. The number of benzene rings is 1. The molecule has 0 unspecified atom stereocenters. The number of methoxy groups -OCH3 is 1. The molecule has 0 bridgehead atoms. The van der Waals surface area contributed by atoms with Crippen LogP contribution in [0.15, 0.2) is 18.2 Å². The molecule has 1 fully saturated rings. The lowest BCUT2D eigenvalue weighted by molar-refractivity contribution is 0.00578. The topological polar surface area (TPSA) is 27.7 Å². The van der Waals surface area contributed by atoms with E-state index in [1.165, 1.54) is 5.56 Å². The molecule has 0 atom stereocenters. The second kappa shape index (κ2) is 8.59. The largest absolute Gasteiger partial charge is 0.498 e. The first-order valence-corrected chi connectivity index (χ1v) is 8.27. The number of ether oxygens (including phenoxy) is 1. The highest BCUT2D eigenvalue weighted by Gasteiger charge is 2.52. The predicted molar refractivity (Wildman–Crippen MR) is 96.1 cm³/mol. The predicted octanol–water partition coefficient (Wildman–Crippen LogP) is 4.36. The van der Waals surface area contributed by atoms with Gasteiger partial charge in [-0.05, 0) is 40.7 Å². The van der Waals surface area contributed by atoms with Gasteiger partial charge in [0.2, 0.25) is 0 Å². The molecule has 1 aliphatic heterocycles. The first kappa shape index (κ1) is 21.0. The van der Waals surface area contributed by atoms with E-state index in [-0.39, 0.29) is 18.3 Å². The minimum absolute atomic E-state index is 0.327. The summed E-state index contributed by atoms with van der Waals surface area (Å²) in [6, 6.07) is 6.03. The van der Waals surface area contributed by atoms with Gasteiger partial charge in [-0.3, -0.25) is 0 Å². The molecule has 0 N–H and O–H groups in total. The molecule has 0 spiro atoms. The van der Waals surface area contributed by atoms with Crippen LogP contribution in [0.3, 0.4) is 0 Å². The molecule has 22 heavy (non-hydrogen) atoms. The fraction of sp³-hybridized carbons (Fsp3) is 0.667. The molecule has 0 radical (unpaired) electrons. The number of aryl methyl sites for hydroxylation is 1. The Balaban J connectivity index is 0.00000102. The maximum Gasteiger partial charge on any atom is 0.498 e. The average molecular weight is 308 g/mol. The van der Waals surface area contributed by atoms with Crippen LogP contribution in [0.25, 0.3) is 0 Å². The van der Waals surface area contributed by atoms with E-state index in [2.05, 4.69) is 33.8 Å². The second-order valence-electron chi connectivity index (χ2n) is 5.83. The summed E-state index contributed by atoms with van der Waals surface area (Å²) < 4.78 is 17.5. The fourth-order valence-electron chi connectivity index (χ4n) is 2.01. The minimum atomic E-state index is -0.371. The Labute approximate surface area is 137 Å². The van der Waals surface area contributed by atoms with Crippen molar-refractivity contribution in [3.05, 3.63) is 23.8 Å². The molecule has 2 rings (SSSR count). The highest BCUT2D eigenvalue weighted by Crippen LogP contribution is 2.37. The molecule has 1 aromatic carbocycles. The lowest BCUT2D eigenvalue weighted by atomic mass is 9.77. The minimum Gasteiger partial charge on any atom is -0.497 e. The van der Waals surface area contributed by atoms with E-state index in [0.717, 1.165) is 11.2 Å². The van der Waals surface area contributed by atoms with Crippen molar-refractivity contribution in [1.82, 2.24) is 0 Å². The van der Waals surface area contributed by atoms with E-state index in [1.807, 2.05) is 46.8 Å². The normalized spacial score (nSPS) is 17.8. The Kier molecular flexibility index (Phi) is 8.20. The van der Waals surface area contributed by atoms with Gasteiger partial charge in [-0.2, -0.15) is 0 Å². The van der Waals surface area contributed by atoms with Gasteiger partial charge in [0, 0.05) is 5.46 Å². The van der Waals surface area contributed by atoms with Gasteiger partial charge in [0.15, 0.2) is 0 Å². The maximum absolute atomic E-state index is 6.05. The SMILES string of the molecule is CC.CC.COc1ccc(C)cc1B1OC(C)(C)C(C)(C)O1. The molecular weight excluding hydrogens is 275 g/mol. The molecule has 1 aliphatic rings. The maximum atomic E-state index is 6.05. The molecule has 1 saturated heterocycles. The molecule has 0 aliphatic carbocycles. The van der Waals surface area contributed by atoms with Crippen LogP contribution in [0.5, 0.6) is 5.75 Å². The zero-order chi connectivity index (χ0) is 17.6. The van der Waals surface area contributed by atoms with Crippen LogP contribution in [0.2, 0.25) is 0 Å². The van der Waals surface area contributed by atoms with Gasteiger partial charge < -0.3 is 14.0 Å². The third-order valence-electron chi connectivity index (χ3n) is 3.89. The molecule has 0 amide bonds. The molecule has 1 heterocycles. The fourth-order valence-corrected chi connectivity index (χ4v) is 2.01. The Hall–Kier alpha value is -0.995. The van der Waals surface area contributed by atoms with E-state index in [0.29, 0.717) is 0 Å². The van der Waals surface area contributed by atoms with Crippen LogP contribution in [0.4, 0.5) is 0 Å². The molecular formula is C18H33BO3. The first-order chi connectivity index (χ1) is 10.3. The number of rotatable bonds is 2. The first-order valence-electron chi connectivity index (χ1n) is 8.27. The standard InChI is InChI=1S/C14H21BO3.2C2H6/c1-10-7-8-12(16-6)11(9-10)15-17-13(2,3)14(4,5)18-15;2*1-2/h7-9H,1-6H3;2*1-2H3. The summed E-state index contributed by atoms with van der Waals surface area (Å²) in [6.07, 6.45) is 0. The van der Waals surface area contributed by atoms with Crippen molar-refractivity contribution in [2.24, 2.45) is 0 Å². The quantitative estimate of drug-likeness (QED) is 0.760. The number of hydrogen-bond acceptors (Lipinski definition) is 3. The van der Waals surface area contributed by atoms with Gasteiger partial charge in [-0.15, -0.1) is 0 Å². The van der Waals surface area contributed by atoms with E-state index < -0.39 is 0 Å². The summed E-state index contributed by atoms with van der Waals surface area (Å²) in [4.78, 5) is 0. The van der Waals surface area contributed by atoms with Crippen molar-refractivity contribution in [2.75, 3.05) is 7.11 Å². The molecule has 4 heteroatoms. The van der Waals surface area contributed by atoms with Crippen LogP contribution in [0.1, 0.15) is 61.0 Å². The Morgan fingerprint density at radius 2 is 1.36 bits per heavy atom. The smallest absolute Gasteiger partial charge is 0.497 e. The highest BCUT2D eigenvalue weighted by atomic mass is 16.7. The molecule has 3 nitrogen and oxygen atoms in total. The van der Waals surface area contributed by atoms with E-state index in [1.54, 1.807) is 7.11 Å². The van der Waals surface area contributed by atoms with Crippen molar-refractivity contribution < 1.29 is 14.0 Å². The zero-order valence-electron chi connectivity index (χ0n) is 16.0. The molecule has 0 aromatic heterocycles. The van der Waals surface area contributed by atoms with Gasteiger partial charge in [0.25, 0.3) is 0 Å². The molecule has 1 aromatic rings. The highest BCUT2D eigenvalue weighted by molar-refractivity contribution is 6.63. The van der Waals surface area contributed by atoms with Crippen LogP contribution in [-0.2, 0) is 9.31 Å². The summed E-state index contributed by atoms with van der Waals surface area (Å²) in [6.45, 7) is 18.3. The lowest BCUT2D eigenvalue weighted by Gasteiger charge is -2.32. The van der Waals surface area contributed by atoms with Crippen molar-refractivity contribution in [3.8, 4) is 5.75 Å². The monoisotopic (exact) mass is 308 g/mol. The van der Waals surface area contributed by atoms with Crippen LogP contribution in [-0.4, -0.2) is 25.4 Å². The van der Waals surface area contributed by atoms with Crippen LogP contribution < -0.4 is 10.2 Å². The van der Waals surface area contributed by atoms with Gasteiger partial charge in [0.05, 0.1) is 18.3 Å². The van der Waals surface area contributed by atoms with Crippen LogP contribution in [0, 0.1) is 6.92 Å². The van der Waals surface area contributed by atoms with Crippen LogP contribution >= 0.6 is 0 Å². The van der Waals surface area contributed by atoms with Crippen molar-refractivity contribution >= 4 is 12.6 Å². The van der Waals surface area contributed by atoms with E-state index in [4.69, 9.17) is 14.0 Å². The summed E-state index contributed by atoms with van der Waals surface area (Å²) in [7, 11) is 1.30. The zero-order valence-corrected chi connectivity index (χ0v) is 16.0. The number of hydrogen-bond donors (Lipinski definition) is 0. The molecule has 0 saturated carbocycles. The van der Waals surface area contributed by atoms with Gasteiger partial charge in [0.1, 0.15) is 5.75 Å². The van der Waals surface area contributed by atoms with Crippen molar-refractivity contribution in [1.29, 1.82) is 0 Å². The third-order valence-corrected chi connectivity index (χ3v) is 3.89. The van der Waals surface area contributed by atoms with Gasteiger partial charge >= 0.3 is 7.12 Å². The van der Waals surface area contributed by atoms with Gasteiger partial charge in [-0.25, -0.2) is 0 Å².